The number of carboxylic acid groups (broad SMARTS) is 1. The minimum absolute atomic E-state index is 0.136. The van der Waals surface area contributed by atoms with E-state index in [1.807, 2.05) is 57.2 Å². The summed E-state index contributed by atoms with van der Waals surface area (Å²) in [5, 5.41) is 52.4. The number of fused-ring (bicyclic) bond motifs is 13. The molecular weight excluding hydrogens is 757 g/mol. The van der Waals surface area contributed by atoms with E-state index in [1.54, 1.807) is 30.4 Å². The molecule has 5 aliphatic rings. The molecule has 0 aromatic heterocycles. The van der Waals surface area contributed by atoms with Gasteiger partial charge in [0.25, 0.3) is 0 Å². The maximum atomic E-state index is 13.1. The molecule has 12 heteroatoms. The van der Waals surface area contributed by atoms with E-state index in [0.29, 0.717) is 32.1 Å². The van der Waals surface area contributed by atoms with Gasteiger partial charge in [0.15, 0.2) is 11.9 Å². The number of unbranched alkanes of at least 4 members (excludes halogenated alkanes) is 1. The largest absolute Gasteiger partial charge is 0.481 e. The lowest BCUT2D eigenvalue weighted by atomic mass is 9.85. The van der Waals surface area contributed by atoms with Gasteiger partial charge < -0.3 is 44.5 Å². The summed E-state index contributed by atoms with van der Waals surface area (Å²) >= 11 is 0. The van der Waals surface area contributed by atoms with Crippen molar-refractivity contribution < 1.29 is 58.9 Å². The van der Waals surface area contributed by atoms with Crippen molar-refractivity contribution in [3.63, 3.8) is 0 Å². The number of hydrogen-bond donors (Lipinski definition) is 5. The van der Waals surface area contributed by atoms with E-state index in [2.05, 4.69) is 13.0 Å². The molecule has 0 aliphatic carbocycles. The summed E-state index contributed by atoms with van der Waals surface area (Å²) in [6, 6.07) is 0. The van der Waals surface area contributed by atoms with Crippen molar-refractivity contribution in [2.24, 2.45) is 17.8 Å². The number of carbonyl (C=O) groups excluding carboxylic acids is 2. The zero-order valence-corrected chi connectivity index (χ0v) is 34.9. The molecule has 5 rings (SSSR count). The van der Waals surface area contributed by atoms with Gasteiger partial charge in [-0.2, -0.15) is 0 Å². The summed E-state index contributed by atoms with van der Waals surface area (Å²) in [6.45, 7) is 7.75. The maximum absolute atomic E-state index is 13.1. The minimum atomic E-state index is -1.24. The molecule has 6 bridgehead atoms. The highest BCUT2D eigenvalue weighted by atomic mass is 16.6. The monoisotopic (exact) mass is 822 g/mol. The Morgan fingerprint density at radius 2 is 1.51 bits per heavy atom. The van der Waals surface area contributed by atoms with Crippen LogP contribution in [-0.4, -0.2) is 110 Å². The Balaban J connectivity index is 1.50. The molecule has 5 heterocycles. The maximum Gasteiger partial charge on any atom is 0.331 e. The van der Waals surface area contributed by atoms with Crippen LogP contribution in [0.2, 0.25) is 0 Å². The highest BCUT2D eigenvalue weighted by Crippen LogP contribution is 2.32. The predicted octanol–water partition coefficient (Wildman–Crippen LogP) is 5.96. The second kappa shape index (κ2) is 24.5. The highest BCUT2D eigenvalue weighted by molar-refractivity contribution is 5.94. The number of aliphatic carboxylic acids is 1. The molecule has 5 aliphatic heterocycles. The van der Waals surface area contributed by atoms with Crippen LogP contribution < -0.4 is 0 Å². The summed E-state index contributed by atoms with van der Waals surface area (Å²) in [7, 11) is 0. The van der Waals surface area contributed by atoms with Crippen molar-refractivity contribution in [2.75, 3.05) is 0 Å². The Hall–Kier alpha value is -3.75. The van der Waals surface area contributed by atoms with E-state index in [-0.39, 0.29) is 48.9 Å². The van der Waals surface area contributed by atoms with E-state index in [9.17, 15) is 34.8 Å². The number of aliphatic hydroxyl groups is 4. The van der Waals surface area contributed by atoms with Crippen molar-refractivity contribution in [2.45, 2.75) is 159 Å². The molecule has 14 atom stereocenters. The molecule has 326 valence electrons. The second-order valence-corrected chi connectivity index (χ2v) is 16.4. The SMILES string of the molecule is CC(=CC(C)CCCCC(=O)O)C1OC2C=CC1OC(=O)C=CC=CC=CC(=O)C1CC(O)C(C)C(C=CCC3OC(CC(O)C3C)C(O)C(O)C=CCCC=CC2)O1. The molecule has 0 aromatic carbocycles. The lowest BCUT2D eigenvalue weighted by Crippen LogP contribution is -2.50. The molecule has 12 nitrogen and oxygen atoms in total. The average Bonchev–Trinajstić information content (AvgIpc) is 3.19. The van der Waals surface area contributed by atoms with Crippen LogP contribution in [0, 0.1) is 17.8 Å². The zero-order valence-electron chi connectivity index (χ0n) is 34.9. The number of carboxylic acids is 1. The number of allylic oxidation sites excluding steroid dienone is 7. The molecule has 14 unspecified atom stereocenters. The standard InChI is InChI=1S/C47H66O12/c1-30(17-14-15-23-44(52)53)27-31(2)47-41-26-25-34(56-47)18-10-6-5-7-12-20-36(49)46(55)43-29-38(51)33(4)40(58-43)22-16-21-39-32(3)37(50)28-42(57-39)35(48)19-11-8-9-13-24-45(54)59-41/h6,8-13,16,19-21,24-27,30,32-34,36-43,46-47,49-51,55H,5,7,14-15,17-18,22-23,28-29H2,1-4H3,(H,52,53). The first-order chi connectivity index (χ1) is 28.2. The van der Waals surface area contributed by atoms with Gasteiger partial charge in [0.1, 0.15) is 24.4 Å². The van der Waals surface area contributed by atoms with Crippen LogP contribution in [0.3, 0.4) is 0 Å². The topological polar surface area (TPSA) is 189 Å². The van der Waals surface area contributed by atoms with Crippen molar-refractivity contribution in [1.82, 2.24) is 0 Å². The van der Waals surface area contributed by atoms with Gasteiger partial charge in [-0.1, -0.05) is 100 Å². The lowest BCUT2D eigenvalue weighted by molar-refractivity contribution is -0.175. The normalized spacial score (nSPS) is 36.2. The molecule has 2 fully saturated rings. The van der Waals surface area contributed by atoms with E-state index in [0.717, 1.165) is 18.4 Å². The van der Waals surface area contributed by atoms with Gasteiger partial charge in [-0.3, -0.25) is 9.59 Å². The number of ether oxygens (including phenoxy) is 4. The molecule has 0 aromatic rings. The highest BCUT2D eigenvalue weighted by Gasteiger charge is 2.40. The van der Waals surface area contributed by atoms with Crippen LogP contribution in [0.5, 0.6) is 0 Å². The summed E-state index contributed by atoms with van der Waals surface area (Å²) in [5.74, 6) is -2.03. The van der Waals surface area contributed by atoms with E-state index in [4.69, 9.17) is 24.1 Å². The van der Waals surface area contributed by atoms with Crippen LogP contribution in [0.15, 0.2) is 96.7 Å². The number of hydrogen-bond acceptors (Lipinski definition) is 11. The van der Waals surface area contributed by atoms with Crippen molar-refractivity contribution >= 4 is 17.7 Å². The fourth-order valence-corrected chi connectivity index (χ4v) is 7.79. The van der Waals surface area contributed by atoms with Crippen LogP contribution in [0.1, 0.15) is 91.9 Å². The van der Waals surface area contributed by atoms with E-state index in [1.165, 1.54) is 18.2 Å². The Morgan fingerprint density at radius 1 is 0.780 bits per heavy atom. The zero-order chi connectivity index (χ0) is 42.9. The minimum Gasteiger partial charge on any atom is -0.481 e. The first-order valence-corrected chi connectivity index (χ1v) is 21.2. The van der Waals surface area contributed by atoms with Gasteiger partial charge in [-0.05, 0) is 69.1 Å². The first kappa shape index (κ1) is 47.9. The fraction of sp³-hybridized carbons (Fsp3) is 0.596. The number of ketones is 1. The van der Waals surface area contributed by atoms with Crippen molar-refractivity contribution in [3.8, 4) is 0 Å². The molecule has 0 spiro atoms. The van der Waals surface area contributed by atoms with Crippen molar-refractivity contribution in [1.29, 1.82) is 0 Å². The van der Waals surface area contributed by atoms with Crippen LogP contribution >= 0.6 is 0 Å². The summed E-state index contributed by atoms with van der Waals surface area (Å²) in [5.41, 5.74) is 0.905. The van der Waals surface area contributed by atoms with Gasteiger partial charge in [0.05, 0.1) is 36.6 Å². The van der Waals surface area contributed by atoms with Gasteiger partial charge in [-0.25, -0.2) is 4.79 Å². The summed E-state index contributed by atoms with van der Waals surface area (Å²) in [4.78, 5) is 36.9. The molecule has 2 saturated heterocycles. The molecule has 0 amide bonds. The average molecular weight is 823 g/mol. The fourth-order valence-electron chi connectivity index (χ4n) is 7.79. The third-order valence-corrected chi connectivity index (χ3v) is 11.5. The van der Waals surface area contributed by atoms with Crippen LogP contribution in [0.4, 0.5) is 0 Å². The third-order valence-electron chi connectivity index (χ3n) is 11.5. The van der Waals surface area contributed by atoms with Gasteiger partial charge in [0, 0.05) is 37.2 Å². The lowest BCUT2D eigenvalue weighted by Gasteiger charge is -2.40. The molecule has 0 saturated carbocycles. The predicted molar refractivity (Wildman–Crippen MR) is 224 cm³/mol. The quantitative estimate of drug-likeness (QED) is 0.115. The number of esters is 1. The third kappa shape index (κ3) is 15.7. The Morgan fingerprint density at radius 3 is 2.27 bits per heavy atom. The second-order valence-electron chi connectivity index (χ2n) is 16.4. The first-order valence-electron chi connectivity index (χ1n) is 21.2. The Kier molecular flexibility index (Phi) is 19.9. The van der Waals surface area contributed by atoms with Gasteiger partial charge in [-0.15, -0.1) is 0 Å². The number of rotatable bonds is 7. The molecular formula is C47H66O12. The number of carbonyl (C=O) groups is 3. The Bertz CT molecular complexity index is 1600. The van der Waals surface area contributed by atoms with Crippen LogP contribution in [0.25, 0.3) is 0 Å². The summed E-state index contributed by atoms with van der Waals surface area (Å²) in [6.07, 6.45) is 22.7. The number of aliphatic hydroxyl groups excluding tert-OH is 4. The Labute approximate surface area is 349 Å². The van der Waals surface area contributed by atoms with Gasteiger partial charge >= 0.3 is 11.9 Å². The smallest absolute Gasteiger partial charge is 0.331 e. The van der Waals surface area contributed by atoms with E-state index < -0.39 is 73.0 Å². The van der Waals surface area contributed by atoms with Gasteiger partial charge in [0.2, 0.25) is 0 Å². The molecule has 59 heavy (non-hydrogen) atoms. The molecule has 5 N–H and O–H groups in total. The summed E-state index contributed by atoms with van der Waals surface area (Å²) < 4.78 is 24.7. The van der Waals surface area contributed by atoms with Crippen LogP contribution in [-0.2, 0) is 33.3 Å². The van der Waals surface area contributed by atoms with E-state index >= 15 is 0 Å². The van der Waals surface area contributed by atoms with Crippen molar-refractivity contribution in [3.05, 3.63) is 96.7 Å². The molecule has 0 radical (unpaired) electrons.